The van der Waals surface area contributed by atoms with Crippen molar-refractivity contribution < 1.29 is 9.53 Å². The quantitative estimate of drug-likeness (QED) is 0.483. The van der Waals surface area contributed by atoms with E-state index in [9.17, 15) is 9.59 Å². The first kappa shape index (κ1) is 16.5. The molecule has 0 saturated heterocycles. The Hall–Kier alpha value is -3.00. The van der Waals surface area contributed by atoms with E-state index in [4.69, 9.17) is 4.74 Å². The normalized spacial score (nSPS) is 11.2. The topological polar surface area (TPSA) is 78.5 Å². The molecule has 0 bridgehead atoms. The van der Waals surface area contributed by atoms with Gasteiger partial charge in [-0.3, -0.25) is 9.36 Å². The number of aromatic nitrogens is 4. The zero-order chi connectivity index (χ0) is 18.3. The summed E-state index contributed by atoms with van der Waals surface area (Å²) in [6.07, 6.45) is 4.54. The molecule has 0 spiro atoms. The average molecular weight is 413 g/mol. The number of para-hydroxylation sites is 1. The summed E-state index contributed by atoms with van der Waals surface area (Å²) in [5.41, 5.74) is 1.70. The third kappa shape index (κ3) is 2.50. The molecule has 3 aromatic heterocycles. The van der Waals surface area contributed by atoms with E-state index < -0.39 is 5.97 Å². The summed E-state index contributed by atoms with van der Waals surface area (Å²) < 4.78 is 8.84. The summed E-state index contributed by atoms with van der Waals surface area (Å²) >= 11 is 3.46. The van der Waals surface area contributed by atoms with Crippen molar-refractivity contribution in [1.29, 1.82) is 0 Å². The maximum atomic E-state index is 12.9. The molecule has 0 aliphatic heterocycles. The smallest absolute Gasteiger partial charge is 0.343 e. The Labute approximate surface area is 156 Å². The van der Waals surface area contributed by atoms with Crippen molar-refractivity contribution in [1.82, 2.24) is 19.2 Å². The predicted octanol–water partition coefficient (Wildman–Crippen LogP) is 2.97. The fourth-order valence-electron chi connectivity index (χ4n) is 2.81. The summed E-state index contributed by atoms with van der Waals surface area (Å²) in [7, 11) is 0. The molecule has 0 fully saturated rings. The maximum Gasteiger partial charge on any atom is 0.343 e. The minimum atomic E-state index is -0.490. The van der Waals surface area contributed by atoms with Gasteiger partial charge in [-0.2, -0.15) is 5.10 Å². The van der Waals surface area contributed by atoms with Crippen LogP contribution in [0.15, 0.2) is 58.2 Å². The molecule has 130 valence electrons. The lowest BCUT2D eigenvalue weighted by atomic mass is 10.2. The number of carbonyl (C=O) groups is 1. The molecule has 0 aliphatic rings. The van der Waals surface area contributed by atoms with Crippen LogP contribution in [0.4, 0.5) is 0 Å². The lowest BCUT2D eigenvalue weighted by molar-refractivity contribution is 0.0528. The highest BCUT2D eigenvalue weighted by Gasteiger charge is 2.18. The van der Waals surface area contributed by atoms with Gasteiger partial charge in [0, 0.05) is 16.9 Å². The largest absolute Gasteiger partial charge is 0.462 e. The molecule has 0 N–H and O–H groups in total. The van der Waals surface area contributed by atoms with Crippen molar-refractivity contribution in [2.45, 2.75) is 6.92 Å². The van der Waals surface area contributed by atoms with E-state index in [1.807, 2.05) is 24.3 Å². The van der Waals surface area contributed by atoms with Crippen LogP contribution < -0.4 is 5.56 Å². The highest BCUT2D eigenvalue weighted by atomic mass is 79.9. The number of benzene rings is 1. The maximum absolute atomic E-state index is 12.9. The van der Waals surface area contributed by atoms with Gasteiger partial charge in [-0.15, -0.1) is 0 Å². The molecule has 0 unspecified atom stereocenters. The number of pyridine rings is 1. The Morgan fingerprint density at radius 3 is 2.81 bits per heavy atom. The molecule has 26 heavy (non-hydrogen) atoms. The van der Waals surface area contributed by atoms with E-state index in [2.05, 4.69) is 26.0 Å². The third-order valence-corrected chi connectivity index (χ3v) is 4.67. The second-order valence-electron chi connectivity index (χ2n) is 5.51. The van der Waals surface area contributed by atoms with E-state index in [1.165, 1.54) is 21.5 Å². The second-order valence-corrected chi connectivity index (χ2v) is 6.37. The van der Waals surface area contributed by atoms with E-state index in [-0.39, 0.29) is 17.7 Å². The molecular weight excluding hydrogens is 400 g/mol. The zero-order valence-electron chi connectivity index (χ0n) is 13.7. The summed E-state index contributed by atoms with van der Waals surface area (Å²) in [6, 6.07) is 9.22. The standard InChI is InChI=1S/C18H13BrN4O3/c1-2-26-18(25)12-10-21-23-14-7-8-22(15-6-4-3-5-13(15)19)17(24)11(14)9-20-16(12)23/h3-10H,2H2,1H3. The number of nitrogens with zero attached hydrogens (tertiary/aromatic N) is 4. The third-order valence-electron chi connectivity index (χ3n) is 4.00. The van der Waals surface area contributed by atoms with Crippen LogP contribution >= 0.6 is 15.9 Å². The van der Waals surface area contributed by atoms with Gasteiger partial charge in [-0.1, -0.05) is 12.1 Å². The van der Waals surface area contributed by atoms with Gasteiger partial charge >= 0.3 is 5.97 Å². The molecule has 4 aromatic rings. The van der Waals surface area contributed by atoms with E-state index in [0.717, 1.165) is 10.2 Å². The van der Waals surface area contributed by atoms with Crippen LogP contribution in [0.25, 0.3) is 22.2 Å². The lowest BCUT2D eigenvalue weighted by Gasteiger charge is -2.09. The lowest BCUT2D eigenvalue weighted by Crippen LogP contribution is -2.19. The Kier molecular flexibility index (Phi) is 4.04. The zero-order valence-corrected chi connectivity index (χ0v) is 15.3. The van der Waals surface area contributed by atoms with Crippen LogP contribution in [0, 0.1) is 0 Å². The number of hydrogen-bond donors (Lipinski definition) is 0. The molecular formula is C18H13BrN4O3. The van der Waals surface area contributed by atoms with Crippen molar-refractivity contribution >= 4 is 38.4 Å². The molecule has 7 nitrogen and oxygen atoms in total. The molecule has 0 aliphatic carbocycles. The monoisotopic (exact) mass is 412 g/mol. The van der Waals surface area contributed by atoms with Crippen molar-refractivity contribution in [3.8, 4) is 5.69 Å². The summed E-state index contributed by atoms with van der Waals surface area (Å²) in [5.74, 6) is -0.490. The number of rotatable bonds is 3. The van der Waals surface area contributed by atoms with Gasteiger partial charge < -0.3 is 4.74 Å². The molecule has 3 heterocycles. The Bertz CT molecular complexity index is 1210. The fourth-order valence-corrected chi connectivity index (χ4v) is 3.28. The Balaban J connectivity index is 1.95. The van der Waals surface area contributed by atoms with Crippen LogP contribution in [-0.4, -0.2) is 31.7 Å². The second kappa shape index (κ2) is 6.38. The van der Waals surface area contributed by atoms with Gasteiger partial charge in [-0.25, -0.2) is 14.3 Å². The van der Waals surface area contributed by atoms with Gasteiger partial charge in [-0.05, 0) is 41.1 Å². The average Bonchev–Trinajstić information content (AvgIpc) is 3.08. The highest BCUT2D eigenvalue weighted by molar-refractivity contribution is 9.10. The number of esters is 1. The van der Waals surface area contributed by atoms with Crippen molar-refractivity contribution in [2.75, 3.05) is 6.61 Å². The molecule has 0 radical (unpaired) electrons. The van der Waals surface area contributed by atoms with Crippen molar-refractivity contribution in [3.63, 3.8) is 0 Å². The Morgan fingerprint density at radius 2 is 2.04 bits per heavy atom. The van der Waals surface area contributed by atoms with E-state index in [0.29, 0.717) is 16.6 Å². The summed E-state index contributed by atoms with van der Waals surface area (Å²) in [5, 5.41) is 4.60. The van der Waals surface area contributed by atoms with E-state index >= 15 is 0 Å². The van der Waals surface area contributed by atoms with Crippen LogP contribution in [-0.2, 0) is 4.74 Å². The van der Waals surface area contributed by atoms with Crippen LogP contribution in [0.1, 0.15) is 17.3 Å². The number of fused-ring (bicyclic) bond motifs is 3. The molecule has 8 heteroatoms. The van der Waals surface area contributed by atoms with Crippen molar-refractivity contribution in [2.24, 2.45) is 0 Å². The van der Waals surface area contributed by atoms with Crippen LogP contribution in [0.3, 0.4) is 0 Å². The van der Waals surface area contributed by atoms with Crippen LogP contribution in [0.5, 0.6) is 0 Å². The molecule has 4 rings (SSSR count). The van der Waals surface area contributed by atoms with Crippen molar-refractivity contribution in [3.05, 3.63) is 69.3 Å². The first-order chi connectivity index (χ1) is 12.6. The molecule has 1 aromatic carbocycles. The number of carbonyl (C=O) groups excluding carboxylic acids is 1. The van der Waals surface area contributed by atoms with Crippen LogP contribution in [0.2, 0.25) is 0 Å². The highest BCUT2D eigenvalue weighted by Crippen LogP contribution is 2.21. The van der Waals surface area contributed by atoms with Gasteiger partial charge in [0.2, 0.25) is 0 Å². The van der Waals surface area contributed by atoms with Gasteiger partial charge in [0.15, 0.2) is 5.65 Å². The van der Waals surface area contributed by atoms with Gasteiger partial charge in [0.25, 0.3) is 5.56 Å². The predicted molar refractivity (Wildman–Crippen MR) is 99.7 cm³/mol. The number of hydrogen-bond acceptors (Lipinski definition) is 5. The minimum Gasteiger partial charge on any atom is -0.462 e. The Morgan fingerprint density at radius 1 is 1.23 bits per heavy atom. The molecule has 0 saturated carbocycles. The molecule has 0 amide bonds. The minimum absolute atomic E-state index is 0.225. The summed E-state index contributed by atoms with van der Waals surface area (Å²) in [6.45, 7) is 2.00. The number of ether oxygens (including phenoxy) is 1. The van der Waals surface area contributed by atoms with E-state index in [1.54, 1.807) is 19.2 Å². The SMILES string of the molecule is CCOC(=O)c1cnn2c1ncc1c(=O)n(-c3ccccc3Br)ccc12. The van der Waals surface area contributed by atoms with Gasteiger partial charge in [0.05, 0.1) is 29.4 Å². The summed E-state index contributed by atoms with van der Waals surface area (Å²) in [4.78, 5) is 29.2. The fraction of sp³-hybridized carbons (Fsp3) is 0.111. The first-order valence-corrected chi connectivity index (χ1v) is 8.71. The molecule has 0 atom stereocenters. The number of halogens is 1. The van der Waals surface area contributed by atoms with Gasteiger partial charge in [0.1, 0.15) is 5.56 Å². The first-order valence-electron chi connectivity index (χ1n) is 7.92.